The summed E-state index contributed by atoms with van der Waals surface area (Å²) in [5.41, 5.74) is 1.28. The normalized spacial score (nSPS) is 12.4. The minimum Gasteiger partial charge on any atom is -0.492 e. The number of methoxy groups -OCH3 is 1. The van der Waals surface area contributed by atoms with Crippen LogP contribution in [0, 0.1) is 0 Å². The second-order valence-electron chi connectivity index (χ2n) is 4.09. The standard InChI is InChI=1S/C14H23NO2/c1-4-13(15-2)11-17-14-7-5-12(6-8-14)9-10-16-3/h5-8,13,15H,4,9-11H2,1-3H3. The third-order valence-corrected chi connectivity index (χ3v) is 2.87. The Hall–Kier alpha value is -1.06. The first kappa shape index (κ1) is 14.0. The molecule has 17 heavy (non-hydrogen) atoms. The Balaban J connectivity index is 2.39. The van der Waals surface area contributed by atoms with E-state index < -0.39 is 0 Å². The van der Waals surface area contributed by atoms with Gasteiger partial charge in [-0.3, -0.25) is 0 Å². The van der Waals surface area contributed by atoms with Gasteiger partial charge < -0.3 is 14.8 Å². The fourth-order valence-electron chi connectivity index (χ4n) is 1.57. The Labute approximate surface area is 104 Å². The van der Waals surface area contributed by atoms with Crippen molar-refractivity contribution in [3.05, 3.63) is 29.8 Å². The van der Waals surface area contributed by atoms with Crippen LogP contribution in [-0.4, -0.2) is 33.4 Å². The van der Waals surface area contributed by atoms with Crippen molar-refractivity contribution >= 4 is 0 Å². The van der Waals surface area contributed by atoms with E-state index in [1.807, 2.05) is 19.2 Å². The molecule has 1 atom stereocenters. The minimum absolute atomic E-state index is 0.420. The first-order valence-corrected chi connectivity index (χ1v) is 6.18. The van der Waals surface area contributed by atoms with Gasteiger partial charge in [0.05, 0.1) is 6.61 Å². The number of benzene rings is 1. The average Bonchev–Trinajstić information content (AvgIpc) is 2.39. The summed E-state index contributed by atoms with van der Waals surface area (Å²) in [5.74, 6) is 0.930. The highest BCUT2D eigenvalue weighted by molar-refractivity contribution is 5.27. The minimum atomic E-state index is 0.420. The molecule has 0 bridgehead atoms. The van der Waals surface area contributed by atoms with E-state index in [0.717, 1.165) is 25.2 Å². The molecular weight excluding hydrogens is 214 g/mol. The Bertz CT molecular complexity index is 294. The van der Waals surface area contributed by atoms with E-state index in [9.17, 15) is 0 Å². The van der Waals surface area contributed by atoms with E-state index >= 15 is 0 Å². The maximum absolute atomic E-state index is 5.72. The molecule has 0 saturated carbocycles. The molecule has 0 aromatic heterocycles. The maximum atomic E-state index is 5.72. The molecule has 1 rings (SSSR count). The topological polar surface area (TPSA) is 30.5 Å². The lowest BCUT2D eigenvalue weighted by Crippen LogP contribution is -2.30. The molecule has 1 unspecified atom stereocenters. The van der Waals surface area contributed by atoms with Crippen molar-refractivity contribution in [3.63, 3.8) is 0 Å². The second kappa shape index (κ2) is 8.09. The lowest BCUT2D eigenvalue weighted by atomic mass is 10.1. The van der Waals surface area contributed by atoms with Gasteiger partial charge in [0.2, 0.25) is 0 Å². The third-order valence-electron chi connectivity index (χ3n) is 2.87. The smallest absolute Gasteiger partial charge is 0.119 e. The maximum Gasteiger partial charge on any atom is 0.119 e. The molecule has 0 aliphatic heterocycles. The summed E-state index contributed by atoms with van der Waals surface area (Å²) in [4.78, 5) is 0. The number of nitrogens with one attached hydrogen (secondary N) is 1. The largest absolute Gasteiger partial charge is 0.492 e. The van der Waals surface area contributed by atoms with Crippen molar-refractivity contribution < 1.29 is 9.47 Å². The predicted octanol–water partition coefficient (Wildman–Crippen LogP) is 2.25. The highest BCUT2D eigenvalue weighted by Crippen LogP contribution is 2.13. The summed E-state index contributed by atoms with van der Waals surface area (Å²) in [5, 5.41) is 3.22. The molecule has 0 saturated heterocycles. The summed E-state index contributed by atoms with van der Waals surface area (Å²) in [6.07, 6.45) is 2.02. The molecule has 1 aromatic carbocycles. The lowest BCUT2D eigenvalue weighted by Gasteiger charge is -2.15. The molecular formula is C14H23NO2. The van der Waals surface area contributed by atoms with Gasteiger partial charge in [-0.25, -0.2) is 0 Å². The number of rotatable bonds is 8. The average molecular weight is 237 g/mol. The Morgan fingerprint density at radius 3 is 2.47 bits per heavy atom. The van der Waals surface area contributed by atoms with Crippen LogP contribution >= 0.6 is 0 Å². The Morgan fingerprint density at radius 2 is 1.94 bits per heavy atom. The van der Waals surface area contributed by atoms with Crippen molar-refractivity contribution in [2.45, 2.75) is 25.8 Å². The van der Waals surface area contributed by atoms with Crippen LogP contribution in [0.4, 0.5) is 0 Å². The van der Waals surface area contributed by atoms with E-state index in [1.54, 1.807) is 7.11 Å². The monoisotopic (exact) mass is 237 g/mol. The molecule has 0 aliphatic carbocycles. The molecule has 0 heterocycles. The van der Waals surface area contributed by atoms with E-state index in [2.05, 4.69) is 24.4 Å². The van der Waals surface area contributed by atoms with E-state index in [1.165, 1.54) is 5.56 Å². The van der Waals surface area contributed by atoms with Crippen molar-refractivity contribution in [3.8, 4) is 5.75 Å². The number of hydrogen-bond acceptors (Lipinski definition) is 3. The molecule has 96 valence electrons. The zero-order valence-corrected chi connectivity index (χ0v) is 11.0. The van der Waals surface area contributed by atoms with E-state index in [-0.39, 0.29) is 0 Å². The molecule has 1 N–H and O–H groups in total. The highest BCUT2D eigenvalue weighted by Gasteiger charge is 2.03. The van der Waals surface area contributed by atoms with Crippen LogP contribution in [0.5, 0.6) is 5.75 Å². The molecule has 3 nitrogen and oxygen atoms in total. The second-order valence-corrected chi connectivity index (χ2v) is 4.09. The molecule has 0 amide bonds. The van der Waals surface area contributed by atoms with Gasteiger partial charge in [-0.05, 0) is 37.6 Å². The van der Waals surface area contributed by atoms with Gasteiger partial charge in [0, 0.05) is 13.2 Å². The summed E-state index contributed by atoms with van der Waals surface area (Å²) in [6, 6.07) is 8.65. The number of ether oxygens (including phenoxy) is 2. The lowest BCUT2D eigenvalue weighted by molar-refractivity contribution is 0.202. The first-order chi connectivity index (χ1) is 8.30. The zero-order valence-electron chi connectivity index (χ0n) is 11.0. The van der Waals surface area contributed by atoms with Crippen LogP contribution in [0.15, 0.2) is 24.3 Å². The predicted molar refractivity (Wildman–Crippen MR) is 70.7 cm³/mol. The first-order valence-electron chi connectivity index (χ1n) is 6.18. The van der Waals surface area contributed by atoms with Crippen LogP contribution in [0.1, 0.15) is 18.9 Å². The molecule has 0 fully saturated rings. The van der Waals surface area contributed by atoms with E-state index in [4.69, 9.17) is 9.47 Å². The zero-order chi connectivity index (χ0) is 12.5. The van der Waals surface area contributed by atoms with Crippen LogP contribution in [-0.2, 0) is 11.2 Å². The van der Waals surface area contributed by atoms with Gasteiger partial charge in [-0.2, -0.15) is 0 Å². The van der Waals surface area contributed by atoms with Gasteiger partial charge >= 0.3 is 0 Å². The van der Waals surface area contributed by atoms with Crippen molar-refractivity contribution in [2.24, 2.45) is 0 Å². The fraction of sp³-hybridized carbons (Fsp3) is 0.571. The quantitative estimate of drug-likeness (QED) is 0.752. The molecule has 1 aromatic rings. The third kappa shape index (κ3) is 5.20. The van der Waals surface area contributed by atoms with Crippen molar-refractivity contribution in [2.75, 3.05) is 27.4 Å². The van der Waals surface area contributed by atoms with Crippen LogP contribution < -0.4 is 10.1 Å². The van der Waals surface area contributed by atoms with Crippen molar-refractivity contribution in [1.29, 1.82) is 0 Å². The number of hydrogen-bond donors (Lipinski definition) is 1. The molecule has 3 heteroatoms. The fourth-order valence-corrected chi connectivity index (χ4v) is 1.57. The van der Waals surface area contributed by atoms with Crippen LogP contribution in [0.3, 0.4) is 0 Å². The van der Waals surface area contributed by atoms with Gasteiger partial charge in [0.1, 0.15) is 12.4 Å². The molecule has 0 radical (unpaired) electrons. The summed E-state index contributed by atoms with van der Waals surface area (Å²) < 4.78 is 10.8. The Kier molecular flexibility index (Phi) is 6.67. The van der Waals surface area contributed by atoms with Gasteiger partial charge in [0.25, 0.3) is 0 Å². The molecule has 0 spiro atoms. The van der Waals surface area contributed by atoms with Crippen LogP contribution in [0.25, 0.3) is 0 Å². The highest BCUT2D eigenvalue weighted by atomic mass is 16.5. The van der Waals surface area contributed by atoms with Gasteiger partial charge in [0.15, 0.2) is 0 Å². The summed E-state index contributed by atoms with van der Waals surface area (Å²) >= 11 is 0. The summed E-state index contributed by atoms with van der Waals surface area (Å²) in [6.45, 7) is 3.63. The Morgan fingerprint density at radius 1 is 1.24 bits per heavy atom. The van der Waals surface area contributed by atoms with Gasteiger partial charge in [-0.15, -0.1) is 0 Å². The van der Waals surface area contributed by atoms with Gasteiger partial charge in [-0.1, -0.05) is 19.1 Å². The summed E-state index contributed by atoms with van der Waals surface area (Å²) in [7, 11) is 3.69. The van der Waals surface area contributed by atoms with Crippen molar-refractivity contribution in [1.82, 2.24) is 5.32 Å². The van der Waals surface area contributed by atoms with E-state index in [0.29, 0.717) is 12.6 Å². The SMILES string of the molecule is CCC(COc1ccc(CCOC)cc1)NC. The number of likely N-dealkylation sites (N-methyl/N-ethyl adjacent to an activating group) is 1. The van der Waals surface area contributed by atoms with Crippen LogP contribution in [0.2, 0.25) is 0 Å². The molecule has 0 aliphatic rings.